The first-order valence-electron chi connectivity index (χ1n) is 4.83. The molecule has 0 aromatic rings. The highest BCUT2D eigenvalue weighted by molar-refractivity contribution is 4.99. The lowest BCUT2D eigenvalue weighted by atomic mass is 10.4. The highest BCUT2D eigenvalue weighted by atomic mass is 16.7. The summed E-state index contributed by atoms with van der Waals surface area (Å²) < 4.78 is 6.26. The molecule has 0 aromatic carbocycles. The lowest BCUT2D eigenvalue weighted by molar-refractivity contribution is -0.862. The standard InChI is InChI=1S/C10H19N2O2/c1-12(2,3)7-4-5-8-13-10-6-9-14-11-10/h10-11H,6-9H2,1-3H3/q+1. The fraction of sp³-hybridized carbons (Fsp3) is 0.800. The molecule has 0 radical (unpaired) electrons. The molecule has 4 nitrogen and oxygen atoms in total. The number of ether oxygens (including phenoxy) is 1. The van der Waals surface area contributed by atoms with Crippen LogP contribution in [-0.4, -0.2) is 51.6 Å². The van der Waals surface area contributed by atoms with Crippen LogP contribution in [0, 0.1) is 11.8 Å². The van der Waals surface area contributed by atoms with E-state index in [1.54, 1.807) is 0 Å². The van der Waals surface area contributed by atoms with Crippen molar-refractivity contribution in [1.29, 1.82) is 0 Å². The molecule has 1 aliphatic heterocycles. The van der Waals surface area contributed by atoms with E-state index in [4.69, 9.17) is 9.57 Å². The summed E-state index contributed by atoms with van der Waals surface area (Å²) in [5.41, 5.74) is 2.77. The van der Waals surface area contributed by atoms with Crippen molar-refractivity contribution in [3.05, 3.63) is 0 Å². The zero-order valence-electron chi connectivity index (χ0n) is 9.17. The summed E-state index contributed by atoms with van der Waals surface area (Å²) in [7, 11) is 6.34. The minimum absolute atomic E-state index is 0.0217. The van der Waals surface area contributed by atoms with Crippen molar-refractivity contribution in [1.82, 2.24) is 5.48 Å². The molecule has 80 valence electrons. The van der Waals surface area contributed by atoms with Gasteiger partial charge in [0, 0.05) is 6.42 Å². The van der Waals surface area contributed by atoms with Crippen LogP contribution in [0.3, 0.4) is 0 Å². The lowest BCUT2D eigenvalue weighted by Crippen LogP contribution is -2.34. The van der Waals surface area contributed by atoms with Gasteiger partial charge in [0.2, 0.25) is 0 Å². The summed E-state index contributed by atoms with van der Waals surface area (Å²) in [5.74, 6) is 6.06. The smallest absolute Gasteiger partial charge is 0.140 e. The predicted octanol–water partition coefficient (Wildman–Crippen LogP) is -0.0364. The first-order valence-corrected chi connectivity index (χ1v) is 4.83. The maximum atomic E-state index is 5.40. The van der Waals surface area contributed by atoms with Gasteiger partial charge in [-0.3, -0.25) is 4.84 Å². The van der Waals surface area contributed by atoms with Gasteiger partial charge in [-0.05, 0) is 5.92 Å². The summed E-state index contributed by atoms with van der Waals surface area (Å²) in [6.07, 6.45) is 0.922. The SMILES string of the molecule is C[N+](C)(C)CC#CCOC1CCON1. The maximum Gasteiger partial charge on any atom is 0.140 e. The van der Waals surface area contributed by atoms with Crippen LogP contribution in [0.5, 0.6) is 0 Å². The second kappa shape index (κ2) is 5.32. The van der Waals surface area contributed by atoms with E-state index < -0.39 is 0 Å². The van der Waals surface area contributed by atoms with Gasteiger partial charge in [-0.1, -0.05) is 5.92 Å². The van der Waals surface area contributed by atoms with E-state index in [0.717, 1.165) is 24.1 Å². The number of rotatable bonds is 3. The normalized spacial score (nSPS) is 21.8. The second-order valence-corrected chi connectivity index (χ2v) is 4.36. The Kier molecular flexibility index (Phi) is 4.36. The van der Waals surface area contributed by atoms with Crippen LogP contribution < -0.4 is 5.48 Å². The van der Waals surface area contributed by atoms with Crippen molar-refractivity contribution in [2.75, 3.05) is 40.9 Å². The highest BCUT2D eigenvalue weighted by Gasteiger charge is 2.13. The van der Waals surface area contributed by atoms with Crippen LogP contribution in [0.1, 0.15) is 6.42 Å². The van der Waals surface area contributed by atoms with Gasteiger partial charge in [-0.15, -0.1) is 0 Å². The Labute approximate surface area is 85.7 Å². The third-order valence-electron chi connectivity index (χ3n) is 1.73. The molecule has 1 atom stereocenters. The van der Waals surface area contributed by atoms with Crippen LogP contribution in [0.2, 0.25) is 0 Å². The monoisotopic (exact) mass is 199 g/mol. The molecule has 0 spiro atoms. The van der Waals surface area contributed by atoms with E-state index in [0.29, 0.717) is 6.61 Å². The molecule has 0 aliphatic carbocycles. The average molecular weight is 199 g/mol. The van der Waals surface area contributed by atoms with E-state index in [1.807, 2.05) is 0 Å². The van der Waals surface area contributed by atoms with Crippen LogP contribution in [0.4, 0.5) is 0 Å². The molecule has 1 saturated heterocycles. The molecule has 1 rings (SSSR count). The molecule has 1 unspecified atom stereocenters. The molecular weight excluding hydrogens is 180 g/mol. The van der Waals surface area contributed by atoms with E-state index in [2.05, 4.69) is 38.5 Å². The first kappa shape index (κ1) is 11.5. The Morgan fingerprint density at radius 2 is 2.21 bits per heavy atom. The van der Waals surface area contributed by atoms with Gasteiger partial charge in [0.25, 0.3) is 0 Å². The zero-order valence-corrected chi connectivity index (χ0v) is 9.17. The third kappa shape index (κ3) is 5.20. The van der Waals surface area contributed by atoms with Crippen molar-refractivity contribution >= 4 is 0 Å². The van der Waals surface area contributed by atoms with Crippen molar-refractivity contribution in [3.63, 3.8) is 0 Å². The van der Waals surface area contributed by atoms with Crippen molar-refractivity contribution in [2.45, 2.75) is 12.6 Å². The van der Waals surface area contributed by atoms with Crippen molar-refractivity contribution in [3.8, 4) is 11.8 Å². The van der Waals surface area contributed by atoms with Crippen LogP contribution in [0.15, 0.2) is 0 Å². The summed E-state index contributed by atoms with van der Waals surface area (Å²) in [5, 5.41) is 0. The van der Waals surface area contributed by atoms with Crippen molar-refractivity contribution in [2.24, 2.45) is 0 Å². The highest BCUT2D eigenvalue weighted by Crippen LogP contribution is 2.01. The van der Waals surface area contributed by atoms with E-state index >= 15 is 0 Å². The van der Waals surface area contributed by atoms with Gasteiger partial charge in [-0.25, -0.2) is 0 Å². The third-order valence-corrected chi connectivity index (χ3v) is 1.73. The molecule has 1 N–H and O–H groups in total. The minimum atomic E-state index is 0.0217. The molecule has 0 bridgehead atoms. The molecule has 4 heteroatoms. The molecule has 0 aromatic heterocycles. The Morgan fingerprint density at radius 3 is 2.79 bits per heavy atom. The van der Waals surface area contributed by atoms with E-state index in [-0.39, 0.29) is 6.23 Å². The van der Waals surface area contributed by atoms with Crippen LogP contribution in [0.25, 0.3) is 0 Å². The van der Waals surface area contributed by atoms with Gasteiger partial charge in [-0.2, -0.15) is 5.48 Å². The summed E-state index contributed by atoms with van der Waals surface area (Å²) in [6.45, 7) is 2.04. The topological polar surface area (TPSA) is 30.5 Å². The number of hydrogen-bond acceptors (Lipinski definition) is 3. The maximum absolute atomic E-state index is 5.40. The summed E-state index contributed by atoms with van der Waals surface area (Å²) in [6, 6.07) is 0. The van der Waals surface area contributed by atoms with E-state index in [1.165, 1.54) is 0 Å². The quantitative estimate of drug-likeness (QED) is 0.511. The Balaban J connectivity index is 2.07. The predicted molar refractivity (Wildman–Crippen MR) is 54.1 cm³/mol. The number of quaternary nitrogens is 1. The summed E-state index contributed by atoms with van der Waals surface area (Å²) >= 11 is 0. The molecule has 0 saturated carbocycles. The fourth-order valence-corrected chi connectivity index (χ4v) is 0.980. The Hall–Kier alpha value is -0.600. The van der Waals surface area contributed by atoms with Gasteiger partial charge < -0.3 is 9.22 Å². The van der Waals surface area contributed by atoms with Gasteiger partial charge >= 0.3 is 0 Å². The average Bonchev–Trinajstić information content (AvgIpc) is 2.54. The molecule has 0 amide bonds. The molecular formula is C10H19N2O2+. The number of hydrogen-bond donors (Lipinski definition) is 1. The largest absolute Gasteiger partial charge is 0.349 e. The lowest BCUT2D eigenvalue weighted by Gasteiger charge is -2.20. The van der Waals surface area contributed by atoms with Gasteiger partial charge in [0.15, 0.2) is 0 Å². The van der Waals surface area contributed by atoms with Crippen LogP contribution >= 0.6 is 0 Å². The minimum Gasteiger partial charge on any atom is -0.349 e. The van der Waals surface area contributed by atoms with Gasteiger partial charge in [0.1, 0.15) is 19.4 Å². The second-order valence-electron chi connectivity index (χ2n) is 4.36. The van der Waals surface area contributed by atoms with Crippen LogP contribution in [-0.2, 0) is 9.57 Å². The zero-order chi connectivity index (χ0) is 10.4. The Bertz CT molecular complexity index is 219. The van der Waals surface area contributed by atoms with Crippen molar-refractivity contribution < 1.29 is 14.1 Å². The molecule has 1 fully saturated rings. The Morgan fingerprint density at radius 1 is 1.43 bits per heavy atom. The number of hydroxylamine groups is 1. The van der Waals surface area contributed by atoms with E-state index in [9.17, 15) is 0 Å². The number of nitrogens with zero attached hydrogens (tertiary/aromatic N) is 1. The molecule has 14 heavy (non-hydrogen) atoms. The summed E-state index contributed by atoms with van der Waals surface area (Å²) in [4.78, 5) is 4.94. The van der Waals surface area contributed by atoms with Gasteiger partial charge in [0.05, 0.1) is 27.7 Å². The first-order chi connectivity index (χ1) is 6.58. The molecule has 1 aliphatic rings. The fourth-order valence-electron chi connectivity index (χ4n) is 0.980. The number of nitrogens with one attached hydrogen (secondary N) is 1. The molecule has 1 heterocycles.